The van der Waals surface area contributed by atoms with Crippen LogP contribution in [0.25, 0.3) is 11.1 Å². The first-order chi connectivity index (χ1) is 14.5. The van der Waals surface area contributed by atoms with E-state index in [4.69, 9.17) is 15.0 Å². The number of imidazole rings is 1. The smallest absolute Gasteiger partial charge is 0.200 e. The van der Waals surface area contributed by atoms with Gasteiger partial charge in [0.15, 0.2) is 5.95 Å². The molecule has 2 aromatic carbocycles. The van der Waals surface area contributed by atoms with Crippen LogP contribution in [0, 0.1) is 13.8 Å². The van der Waals surface area contributed by atoms with Gasteiger partial charge in [-0.15, -0.1) is 0 Å². The molecule has 1 atom stereocenters. The molecule has 2 aromatic heterocycles. The van der Waals surface area contributed by atoms with Crippen LogP contribution in [0.4, 0.5) is 5.95 Å². The second-order valence-corrected chi connectivity index (χ2v) is 7.56. The quantitative estimate of drug-likeness (QED) is 0.507. The van der Waals surface area contributed by atoms with Crippen LogP contribution in [0.3, 0.4) is 0 Å². The summed E-state index contributed by atoms with van der Waals surface area (Å²) in [5.41, 5.74) is 12.4. The molecule has 0 amide bonds. The molecule has 0 saturated carbocycles. The molecule has 1 unspecified atom stereocenters. The number of benzene rings is 2. The van der Waals surface area contributed by atoms with Crippen LogP contribution in [0.1, 0.15) is 34.2 Å². The van der Waals surface area contributed by atoms with Crippen LogP contribution in [-0.2, 0) is 13.5 Å². The van der Waals surface area contributed by atoms with Gasteiger partial charge >= 0.3 is 0 Å². The fourth-order valence-corrected chi connectivity index (χ4v) is 3.84. The van der Waals surface area contributed by atoms with Gasteiger partial charge in [-0.1, -0.05) is 41.6 Å². The van der Waals surface area contributed by atoms with Crippen molar-refractivity contribution < 1.29 is 9.26 Å². The third-order valence-corrected chi connectivity index (χ3v) is 5.52. The number of nitrogens with two attached hydrogens (primary N) is 1. The second kappa shape index (κ2) is 8.06. The van der Waals surface area contributed by atoms with E-state index in [-0.39, 0.29) is 5.92 Å². The highest BCUT2D eigenvalue weighted by atomic mass is 16.5. The average molecular weight is 402 g/mol. The molecular formula is C24H26N4O2. The highest BCUT2D eigenvalue weighted by molar-refractivity contribution is 5.67. The highest BCUT2D eigenvalue weighted by Gasteiger charge is 2.19. The van der Waals surface area contributed by atoms with E-state index in [0.29, 0.717) is 5.95 Å². The van der Waals surface area contributed by atoms with Crippen molar-refractivity contribution in [2.45, 2.75) is 26.2 Å². The Kier molecular flexibility index (Phi) is 5.31. The van der Waals surface area contributed by atoms with Gasteiger partial charge in [-0.2, -0.15) is 0 Å². The molecule has 30 heavy (non-hydrogen) atoms. The molecule has 154 valence electrons. The van der Waals surface area contributed by atoms with E-state index in [2.05, 4.69) is 46.5 Å². The van der Waals surface area contributed by atoms with Crippen LogP contribution in [-0.4, -0.2) is 21.8 Å². The SMILES string of the molecule is COc1ccc(C(Cc2ccc(-c3c(C)noc3C)cc2)c2cn(C)c(N)n2)cc1. The maximum Gasteiger partial charge on any atom is 0.200 e. The summed E-state index contributed by atoms with van der Waals surface area (Å²) in [4.78, 5) is 4.60. The van der Waals surface area contributed by atoms with Gasteiger partial charge in [0, 0.05) is 24.7 Å². The number of aryl methyl sites for hydroxylation is 3. The number of methoxy groups -OCH3 is 1. The summed E-state index contributed by atoms with van der Waals surface area (Å²) < 4.78 is 12.5. The molecular weight excluding hydrogens is 376 g/mol. The normalized spacial score (nSPS) is 12.1. The van der Waals surface area contributed by atoms with Gasteiger partial charge < -0.3 is 19.6 Å². The van der Waals surface area contributed by atoms with Gasteiger partial charge in [0.1, 0.15) is 11.5 Å². The predicted octanol–water partition coefficient (Wildman–Crippen LogP) is 4.66. The number of ether oxygens (including phenoxy) is 1. The minimum atomic E-state index is 0.0873. The number of nitrogen functional groups attached to an aromatic ring is 1. The molecule has 0 spiro atoms. The van der Waals surface area contributed by atoms with E-state index >= 15 is 0 Å². The lowest BCUT2D eigenvalue weighted by Gasteiger charge is -2.16. The topological polar surface area (TPSA) is 79.1 Å². The van der Waals surface area contributed by atoms with Crippen molar-refractivity contribution in [3.63, 3.8) is 0 Å². The van der Waals surface area contributed by atoms with Crippen molar-refractivity contribution in [3.8, 4) is 16.9 Å². The van der Waals surface area contributed by atoms with Crippen molar-refractivity contribution in [2.75, 3.05) is 12.8 Å². The van der Waals surface area contributed by atoms with Crippen molar-refractivity contribution >= 4 is 5.95 Å². The lowest BCUT2D eigenvalue weighted by atomic mass is 9.89. The van der Waals surface area contributed by atoms with E-state index in [9.17, 15) is 0 Å². The standard InChI is InChI=1S/C24H26N4O2/c1-15-23(16(2)30-27-15)19-7-5-17(6-8-19)13-21(22-14-28(3)24(25)26-22)18-9-11-20(29-4)12-10-18/h5-12,14,21H,13H2,1-4H3,(H2,25,26). The van der Waals surface area contributed by atoms with Gasteiger partial charge in [0.05, 0.1) is 18.5 Å². The zero-order chi connectivity index (χ0) is 21.3. The van der Waals surface area contributed by atoms with E-state index in [1.807, 2.05) is 43.8 Å². The van der Waals surface area contributed by atoms with E-state index < -0.39 is 0 Å². The first kappa shape index (κ1) is 19.8. The number of hydrogen-bond donors (Lipinski definition) is 1. The lowest BCUT2D eigenvalue weighted by Crippen LogP contribution is -2.06. The summed E-state index contributed by atoms with van der Waals surface area (Å²) in [6, 6.07) is 16.7. The molecule has 0 radical (unpaired) electrons. The largest absolute Gasteiger partial charge is 0.497 e. The minimum Gasteiger partial charge on any atom is -0.497 e. The fraction of sp³-hybridized carbons (Fsp3) is 0.250. The number of anilines is 1. The summed E-state index contributed by atoms with van der Waals surface area (Å²) in [6.07, 6.45) is 2.81. The Morgan fingerprint density at radius 1 is 1.07 bits per heavy atom. The van der Waals surface area contributed by atoms with Gasteiger partial charge in [-0.05, 0) is 49.1 Å². The predicted molar refractivity (Wildman–Crippen MR) is 118 cm³/mol. The van der Waals surface area contributed by atoms with Gasteiger partial charge in [-0.25, -0.2) is 4.98 Å². The van der Waals surface area contributed by atoms with E-state index in [1.54, 1.807) is 7.11 Å². The Bertz CT molecular complexity index is 1100. The molecule has 2 N–H and O–H groups in total. The summed E-state index contributed by atoms with van der Waals surface area (Å²) >= 11 is 0. The molecule has 4 aromatic rings. The molecule has 2 heterocycles. The fourth-order valence-electron chi connectivity index (χ4n) is 3.84. The molecule has 0 saturated heterocycles. The summed E-state index contributed by atoms with van der Waals surface area (Å²) in [7, 11) is 3.59. The number of aromatic nitrogens is 3. The molecule has 0 aliphatic rings. The van der Waals surface area contributed by atoms with Gasteiger partial charge in [0.25, 0.3) is 0 Å². The molecule has 0 bridgehead atoms. The van der Waals surface area contributed by atoms with Crippen LogP contribution >= 0.6 is 0 Å². The van der Waals surface area contributed by atoms with Crippen LogP contribution in [0.5, 0.6) is 5.75 Å². The van der Waals surface area contributed by atoms with Gasteiger partial charge in [0.2, 0.25) is 0 Å². The molecule has 0 fully saturated rings. The van der Waals surface area contributed by atoms with E-state index in [0.717, 1.165) is 40.4 Å². The maximum atomic E-state index is 6.01. The Balaban J connectivity index is 1.66. The first-order valence-corrected chi connectivity index (χ1v) is 9.91. The molecule has 4 rings (SSSR count). The third kappa shape index (κ3) is 3.81. The molecule has 0 aliphatic carbocycles. The van der Waals surface area contributed by atoms with Gasteiger partial charge in [-0.3, -0.25) is 0 Å². The van der Waals surface area contributed by atoms with Crippen molar-refractivity contribution in [2.24, 2.45) is 7.05 Å². The lowest BCUT2D eigenvalue weighted by molar-refractivity contribution is 0.393. The highest BCUT2D eigenvalue weighted by Crippen LogP contribution is 2.32. The Morgan fingerprint density at radius 3 is 2.30 bits per heavy atom. The number of hydrogen-bond acceptors (Lipinski definition) is 5. The summed E-state index contributed by atoms with van der Waals surface area (Å²) in [6.45, 7) is 3.90. The molecule has 6 heteroatoms. The first-order valence-electron chi connectivity index (χ1n) is 9.91. The molecule has 6 nitrogen and oxygen atoms in total. The maximum absolute atomic E-state index is 6.01. The zero-order valence-electron chi connectivity index (χ0n) is 17.7. The van der Waals surface area contributed by atoms with Crippen LogP contribution < -0.4 is 10.5 Å². The molecule has 0 aliphatic heterocycles. The monoisotopic (exact) mass is 402 g/mol. The van der Waals surface area contributed by atoms with Crippen molar-refractivity contribution in [3.05, 3.63) is 83.0 Å². The van der Waals surface area contributed by atoms with E-state index in [1.165, 1.54) is 11.1 Å². The van der Waals surface area contributed by atoms with Crippen LogP contribution in [0.2, 0.25) is 0 Å². The summed E-state index contributed by atoms with van der Waals surface area (Å²) in [5, 5.41) is 4.06. The average Bonchev–Trinajstić information content (AvgIpc) is 3.27. The minimum absolute atomic E-state index is 0.0873. The van der Waals surface area contributed by atoms with Crippen molar-refractivity contribution in [1.82, 2.24) is 14.7 Å². The Morgan fingerprint density at radius 2 is 1.77 bits per heavy atom. The second-order valence-electron chi connectivity index (χ2n) is 7.56. The van der Waals surface area contributed by atoms with Crippen molar-refractivity contribution in [1.29, 1.82) is 0 Å². The number of rotatable bonds is 6. The number of nitrogens with zero attached hydrogens (tertiary/aromatic N) is 3. The Labute approximate surface area is 176 Å². The van der Waals surface area contributed by atoms with Crippen LogP contribution in [0.15, 0.2) is 59.3 Å². The Hall–Kier alpha value is -3.54. The summed E-state index contributed by atoms with van der Waals surface area (Å²) in [5.74, 6) is 2.27. The zero-order valence-corrected chi connectivity index (χ0v) is 17.7. The third-order valence-electron chi connectivity index (χ3n) is 5.52.